The molecule has 0 bridgehead atoms. The summed E-state index contributed by atoms with van der Waals surface area (Å²) in [7, 11) is 1.62. The van der Waals surface area contributed by atoms with Crippen LogP contribution in [-0.2, 0) is 29.0 Å². The zero-order valence-corrected chi connectivity index (χ0v) is 15.8. The number of hydrogen-bond acceptors (Lipinski definition) is 7. The number of ether oxygens (including phenoxy) is 1. The predicted octanol–water partition coefficient (Wildman–Crippen LogP) is 1.17. The lowest BCUT2D eigenvalue weighted by atomic mass is 10.1. The van der Waals surface area contributed by atoms with E-state index in [0.717, 1.165) is 10.7 Å². The summed E-state index contributed by atoms with van der Waals surface area (Å²) < 4.78 is 6.65. The van der Waals surface area contributed by atoms with Crippen molar-refractivity contribution in [2.24, 2.45) is 0 Å². The number of nitrogens with one attached hydrogen (secondary N) is 1. The quantitative estimate of drug-likeness (QED) is 0.692. The maximum atomic E-state index is 12.6. The molecule has 1 N–H and O–H groups in total. The summed E-state index contributed by atoms with van der Waals surface area (Å²) in [6.45, 7) is 5.42. The van der Waals surface area contributed by atoms with E-state index in [9.17, 15) is 9.59 Å². The van der Waals surface area contributed by atoms with E-state index in [1.807, 2.05) is 5.38 Å². The number of imide groups is 1. The second-order valence-electron chi connectivity index (χ2n) is 6.43. The third kappa shape index (κ3) is 4.07. The zero-order chi connectivity index (χ0) is 18.7. The van der Waals surface area contributed by atoms with E-state index in [2.05, 4.69) is 34.5 Å². The maximum Gasteiger partial charge on any atom is 0.325 e. The van der Waals surface area contributed by atoms with E-state index >= 15 is 0 Å². The monoisotopic (exact) mass is 378 g/mol. The van der Waals surface area contributed by atoms with Crippen molar-refractivity contribution in [2.45, 2.75) is 45.3 Å². The Morgan fingerprint density at radius 1 is 1.35 bits per heavy atom. The lowest BCUT2D eigenvalue weighted by molar-refractivity contribution is -0.127. The topological polar surface area (TPSA) is 102 Å². The average Bonchev–Trinajstić information content (AvgIpc) is 3.30. The molecule has 9 nitrogen and oxygen atoms in total. The normalized spacial score (nSPS) is 17.4. The number of aromatic nitrogens is 4. The SMILES string of the molecule is COCCn1cc(C[C@@H]2NC(=O)N(Cc3csc(C(C)C)n3)C2=O)nn1. The highest BCUT2D eigenvalue weighted by Crippen LogP contribution is 2.21. The van der Waals surface area contributed by atoms with Gasteiger partial charge in [-0.1, -0.05) is 19.1 Å². The van der Waals surface area contributed by atoms with Crippen LogP contribution in [0.5, 0.6) is 0 Å². The molecule has 3 heterocycles. The minimum absolute atomic E-state index is 0.185. The van der Waals surface area contributed by atoms with Gasteiger partial charge in [-0.25, -0.2) is 14.5 Å². The molecular formula is C16H22N6O3S. The van der Waals surface area contributed by atoms with Crippen LogP contribution < -0.4 is 5.32 Å². The molecule has 10 heteroatoms. The fraction of sp³-hybridized carbons (Fsp3) is 0.562. The van der Waals surface area contributed by atoms with Crippen LogP contribution in [0.15, 0.2) is 11.6 Å². The molecule has 0 radical (unpaired) electrons. The Kier molecular flexibility index (Phi) is 5.62. The first-order valence-corrected chi connectivity index (χ1v) is 9.30. The summed E-state index contributed by atoms with van der Waals surface area (Å²) in [5, 5.41) is 13.6. The number of amides is 3. The first-order chi connectivity index (χ1) is 12.5. The van der Waals surface area contributed by atoms with Crippen LogP contribution in [0.3, 0.4) is 0 Å². The van der Waals surface area contributed by atoms with E-state index in [0.29, 0.717) is 31.2 Å². The highest BCUT2D eigenvalue weighted by Gasteiger charge is 2.38. The number of carbonyl (C=O) groups excluding carboxylic acids is 2. The smallest absolute Gasteiger partial charge is 0.325 e. The minimum Gasteiger partial charge on any atom is -0.383 e. The second kappa shape index (κ2) is 7.92. The molecule has 1 fully saturated rings. The molecule has 0 unspecified atom stereocenters. The van der Waals surface area contributed by atoms with E-state index in [-0.39, 0.29) is 12.5 Å². The molecule has 3 rings (SSSR count). The number of hydrogen-bond donors (Lipinski definition) is 1. The van der Waals surface area contributed by atoms with Gasteiger partial charge < -0.3 is 10.1 Å². The average molecular weight is 378 g/mol. The van der Waals surface area contributed by atoms with Gasteiger partial charge in [0.1, 0.15) is 6.04 Å². The van der Waals surface area contributed by atoms with Crippen molar-refractivity contribution >= 4 is 23.3 Å². The highest BCUT2D eigenvalue weighted by molar-refractivity contribution is 7.09. The minimum atomic E-state index is -0.627. The van der Waals surface area contributed by atoms with E-state index in [4.69, 9.17) is 4.74 Å². The van der Waals surface area contributed by atoms with Gasteiger partial charge in [-0.2, -0.15) is 0 Å². The van der Waals surface area contributed by atoms with Gasteiger partial charge in [0.15, 0.2) is 0 Å². The standard InChI is InChI=1S/C16H22N6O3S/c1-10(2)14-17-12(9-26-14)8-22-15(23)13(18-16(22)24)6-11-7-21(20-19-11)4-5-25-3/h7,9-10,13H,4-6,8H2,1-3H3,(H,18,24)/t13-/m0/s1. The van der Waals surface area contributed by atoms with Gasteiger partial charge in [0.25, 0.3) is 5.91 Å². The Morgan fingerprint density at radius 3 is 2.85 bits per heavy atom. The van der Waals surface area contributed by atoms with Gasteiger partial charge in [-0.05, 0) is 0 Å². The molecular weight excluding hydrogens is 356 g/mol. The van der Waals surface area contributed by atoms with E-state index in [1.54, 1.807) is 29.3 Å². The first-order valence-electron chi connectivity index (χ1n) is 8.42. The number of rotatable bonds is 8. The zero-order valence-electron chi connectivity index (χ0n) is 15.0. The molecule has 3 amide bonds. The summed E-state index contributed by atoms with van der Waals surface area (Å²) >= 11 is 1.54. The lowest BCUT2D eigenvalue weighted by Crippen LogP contribution is -2.32. The van der Waals surface area contributed by atoms with Crippen molar-refractivity contribution in [3.63, 3.8) is 0 Å². The Morgan fingerprint density at radius 2 is 2.15 bits per heavy atom. The van der Waals surface area contributed by atoms with Crippen molar-refractivity contribution in [2.75, 3.05) is 13.7 Å². The van der Waals surface area contributed by atoms with Gasteiger partial charge >= 0.3 is 6.03 Å². The molecule has 1 saturated heterocycles. The van der Waals surface area contributed by atoms with E-state index in [1.165, 1.54) is 4.90 Å². The van der Waals surface area contributed by atoms with Crippen molar-refractivity contribution in [3.8, 4) is 0 Å². The Bertz CT molecular complexity index is 787. The van der Waals surface area contributed by atoms with Gasteiger partial charge in [-0.15, -0.1) is 16.4 Å². The molecule has 1 aliphatic heterocycles. The van der Waals surface area contributed by atoms with Crippen molar-refractivity contribution in [1.29, 1.82) is 0 Å². The Balaban J connectivity index is 1.61. The molecule has 2 aromatic rings. The number of urea groups is 1. The number of methoxy groups -OCH3 is 1. The Hall–Kier alpha value is -2.33. The van der Waals surface area contributed by atoms with Gasteiger partial charge in [0, 0.05) is 31.0 Å². The van der Waals surface area contributed by atoms with Crippen LogP contribution in [0.4, 0.5) is 4.79 Å². The molecule has 0 aliphatic carbocycles. The first kappa shape index (κ1) is 18.5. The van der Waals surface area contributed by atoms with Gasteiger partial charge in [-0.3, -0.25) is 9.69 Å². The molecule has 26 heavy (non-hydrogen) atoms. The van der Waals surface area contributed by atoms with Crippen molar-refractivity contribution < 1.29 is 14.3 Å². The van der Waals surface area contributed by atoms with Crippen molar-refractivity contribution in [3.05, 3.63) is 28.0 Å². The second-order valence-corrected chi connectivity index (χ2v) is 7.32. The molecule has 2 aromatic heterocycles. The van der Waals surface area contributed by atoms with E-state index < -0.39 is 12.1 Å². The summed E-state index contributed by atoms with van der Waals surface area (Å²) in [6.07, 6.45) is 2.07. The van der Waals surface area contributed by atoms with Gasteiger partial charge in [0.2, 0.25) is 0 Å². The van der Waals surface area contributed by atoms with Crippen molar-refractivity contribution in [1.82, 2.24) is 30.2 Å². The van der Waals surface area contributed by atoms with Crippen LogP contribution >= 0.6 is 11.3 Å². The predicted molar refractivity (Wildman–Crippen MR) is 94.7 cm³/mol. The maximum absolute atomic E-state index is 12.6. The van der Waals surface area contributed by atoms with Gasteiger partial charge in [0.05, 0.1) is 36.1 Å². The molecule has 1 aliphatic rings. The van der Waals surface area contributed by atoms with Crippen LogP contribution in [0.2, 0.25) is 0 Å². The fourth-order valence-electron chi connectivity index (χ4n) is 2.62. The van der Waals surface area contributed by atoms with Crippen LogP contribution in [0.1, 0.15) is 36.2 Å². The summed E-state index contributed by atoms with van der Waals surface area (Å²) in [5.41, 5.74) is 1.38. The number of thiazole rings is 1. The van der Waals surface area contributed by atoms with Crippen LogP contribution in [-0.4, -0.2) is 56.6 Å². The third-order valence-corrected chi connectivity index (χ3v) is 5.21. The van der Waals surface area contributed by atoms with Crippen LogP contribution in [0.25, 0.3) is 0 Å². The fourth-order valence-corrected chi connectivity index (χ4v) is 3.45. The number of carbonyl (C=O) groups is 2. The molecule has 0 saturated carbocycles. The highest BCUT2D eigenvalue weighted by atomic mass is 32.1. The molecule has 0 spiro atoms. The largest absolute Gasteiger partial charge is 0.383 e. The Labute approximate surface area is 155 Å². The summed E-state index contributed by atoms with van der Waals surface area (Å²) in [5.74, 6) is 0.0610. The molecule has 0 aromatic carbocycles. The molecule has 1 atom stereocenters. The number of nitrogens with zero attached hydrogens (tertiary/aromatic N) is 5. The summed E-state index contributed by atoms with van der Waals surface area (Å²) in [4.78, 5) is 30.5. The summed E-state index contributed by atoms with van der Waals surface area (Å²) in [6, 6.07) is -1.02. The van der Waals surface area contributed by atoms with Crippen LogP contribution in [0, 0.1) is 0 Å². The third-order valence-electron chi connectivity index (χ3n) is 4.01. The molecule has 140 valence electrons. The lowest BCUT2D eigenvalue weighted by Gasteiger charge is -2.11.